The molecule has 0 spiro atoms. The Bertz CT molecular complexity index is 1140. The van der Waals surface area contributed by atoms with Gasteiger partial charge in [-0.15, -0.1) is 0 Å². The fraction of sp³-hybridized carbons (Fsp3) is 0.409. The third kappa shape index (κ3) is 5.63. The van der Waals surface area contributed by atoms with Crippen LogP contribution < -0.4 is 10.1 Å². The number of esters is 1. The Balaban J connectivity index is 1.79. The van der Waals surface area contributed by atoms with Crippen LogP contribution >= 0.6 is 11.6 Å². The van der Waals surface area contributed by atoms with Crippen molar-refractivity contribution >= 4 is 39.2 Å². The molecule has 1 aromatic heterocycles. The van der Waals surface area contributed by atoms with Crippen LogP contribution in [-0.2, 0) is 19.6 Å². The van der Waals surface area contributed by atoms with E-state index in [0.29, 0.717) is 6.54 Å². The number of hydrogen-bond donors (Lipinski definition) is 1. The van der Waals surface area contributed by atoms with Gasteiger partial charge in [0.25, 0.3) is 5.91 Å². The van der Waals surface area contributed by atoms with Crippen molar-refractivity contribution in [3.63, 3.8) is 0 Å². The zero-order valence-corrected chi connectivity index (χ0v) is 20.1. The number of carbonyl (C=O) groups is 2. The van der Waals surface area contributed by atoms with Crippen molar-refractivity contribution in [1.82, 2.24) is 9.29 Å². The van der Waals surface area contributed by atoms with Gasteiger partial charge >= 0.3 is 5.97 Å². The molecule has 0 saturated carbocycles. The highest BCUT2D eigenvalue weighted by Crippen LogP contribution is 2.32. The van der Waals surface area contributed by atoms with Gasteiger partial charge in [0.1, 0.15) is 10.6 Å². The molecule has 11 heteroatoms. The van der Waals surface area contributed by atoms with Crippen LogP contribution in [0.15, 0.2) is 41.4 Å². The summed E-state index contributed by atoms with van der Waals surface area (Å²) in [5.74, 6) is -1.33. The maximum atomic E-state index is 13.3. The number of sulfonamides is 1. The van der Waals surface area contributed by atoms with Gasteiger partial charge in [-0.2, -0.15) is 4.31 Å². The average Bonchev–Trinajstić information content (AvgIpc) is 2.80. The summed E-state index contributed by atoms with van der Waals surface area (Å²) < 4.78 is 38.6. The van der Waals surface area contributed by atoms with Gasteiger partial charge in [-0.3, -0.25) is 4.79 Å². The van der Waals surface area contributed by atoms with Crippen molar-refractivity contribution in [3.05, 3.63) is 47.2 Å². The molecule has 1 aliphatic rings. The molecule has 1 aromatic carbocycles. The molecule has 1 amide bonds. The molecule has 178 valence electrons. The largest absolute Gasteiger partial charge is 0.495 e. The number of piperidine rings is 1. The summed E-state index contributed by atoms with van der Waals surface area (Å²) in [6.07, 6.45) is 2.79. The lowest BCUT2D eigenvalue weighted by Gasteiger charge is -2.32. The van der Waals surface area contributed by atoms with E-state index in [1.54, 1.807) is 12.1 Å². The standard InChI is InChI=1S/C22H26ClN3O6S/c1-14-7-4-5-12-26(14)33(29,30)19-13-16(9-10-18(19)31-3)22(28)32-15(2)21(27)25-17-8-6-11-24-20(17)23/h6,8-11,13-15H,4-5,7,12H2,1-3H3,(H,25,27). The molecule has 2 aromatic rings. The number of anilines is 1. The van der Waals surface area contributed by atoms with E-state index in [2.05, 4.69) is 10.3 Å². The summed E-state index contributed by atoms with van der Waals surface area (Å²) in [6.45, 7) is 3.65. The minimum Gasteiger partial charge on any atom is -0.495 e. The number of nitrogens with one attached hydrogen (secondary N) is 1. The number of pyridine rings is 1. The summed E-state index contributed by atoms with van der Waals surface area (Å²) in [5, 5.41) is 2.63. The number of aromatic nitrogens is 1. The van der Waals surface area contributed by atoms with Crippen LogP contribution in [0.2, 0.25) is 5.15 Å². The molecule has 33 heavy (non-hydrogen) atoms. The van der Waals surface area contributed by atoms with E-state index in [1.807, 2.05) is 6.92 Å². The molecule has 3 rings (SSSR count). The molecule has 2 atom stereocenters. The highest BCUT2D eigenvalue weighted by atomic mass is 35.5. The van der Waals surface area contributed by atoms with E-state index in [1.165, 1.54) is 42.7 Å². The van der Waals surface area contributed by atoms with Gasteiger partial charge in [0.05, 0.1) is 18.4 Å². The number of ether oxygens (including phenoxy) is 2. The predicted octanol–water partition coefficient (Wildman–Crippen LogP) is 3.49. The summed E-state index contributed by atoms with van der Waals surface area (Å²) in [7, 11) is -2.54. The van der Waals surface area contributed by atoms with E-state index in [9.17, 15) is 18.0 Å². The van der Waals surface area contributed by atoms with Crippen LogP contribution in [0.4, 0.5) is 5.69 Å². The smallest absolute Gasteiger partial charge is 0.338 e. The average molecular weight is 496 g/mol. The van der Waals surface area contributed by atoms with E-state index in [0.717, 1.165) is 19.3 Å². The maximum Gasteiger partial charge on any atom is 0.338 e. The molecule has 9 nitrogen and oxygen atoms in total. The second-order valence-corrected chi connectivity index (χ2v) is 9.92. The zero-order valence-electron chi connectivity index (χ0n) is 18.6. The van der Waals surface area contributed by atoms with Gasteiger partial charge in [-0.25, -0.2) is 18.2 Å². The van der Waals surface area contributed by atoms with Gasteiger partial charge in [0.2, 0.25) is 10.0 Å². The summed E-state index contributed by atoms with van der Waals surface area (Å²) in [4.78, 5) is 28.9. The number of benzene rings is 1. The summed E-state index contributed by atoms with van der Waals surface area (Å²) in [6, 6.07) is 7.01. The Morgan fingerprint density at radius 3 is 2.70 bits per heavy atom. The Labute approximate surface area is 198 Å². The number of hydrogen-bond acceptors (Lipinski definition) is 7. The first-order valence-corrected chi connectivity index (χ1v) is 12.3. The molecular formula is C22H26ClN3O6S. The number of methoxy groups -OCH3 is 1. The van der Waals surface area contributed by atoms with Crippen molar-refractivity contribution in [2.24, 2.45) is 0 Å². The first-order chi connectivity index (χ1) is 15.6. The molecular weight excluding hydrogens is 470 g/mol. The third-order valence-corrected chi connectivity index (χ3v) is 7.73. The van der Waals surface area contributed by atoms with E-state index >= 15 is 0 Å². The third-order valence-electron chi connectivity index (χ3n) is 5.40. The molecule has 0 radical (unpaired) electrons. The normalized spacial score (nSPS) is 17.8. The Morgan fingerprint density at radius 1 is 1.27 bits per heavy atom. The predicted molar refractivity (Wildman–Crippen MR) is 123 cm³/mol. The van der Waals surface area contributed by atoms with E-state index in [4.69, 9.17) is 21.1 Å². The first-order valence-electron chi connectivity index (χ1n) is 10.5. The number of amides is 1. The number of rotatable bonds is 7. The highest BCUT2D eigenvalue weighted by Gasteiger charge is 2.34. The van der Waals surface area contributed by atoms with Crippen LogP contribution in [0.25, 0.3) is 0 Å². The van der Waals surface area contributed by atoms with Crippen molar-refractivity contribution in [2.75, 3.05) is 19.0 Å². The van der Waals surface area contributed by atoms with Gasteiger partial charge in [0.15, 0.2) is 11.3 Å². The highest BCUT2D eigenvalue weighted by molar-refractivity contribution is 7.89. The van der Waals surface area contributed by atoms with Crippen LogP contribution in [0, 0.1) is 0 Å². The molecule has 0 aliphatic carbocycles. The fourth-order valence-corrected chi connectivity index (χ4v) is 5.61. The SMILES string of the molecule is COc1ccc(C(=O)OC(C)C(=O)Nc2cccnc2Cl)cc1S(=O)(=O)N1CCCCC1C. The van der Waals surface area contributed by atoms with Crippen LogP contribution in [0.1, 0.15) is 43.5 Å². The lowest BCUT2D eigenvalue weighted by molar-refractivity contribution is -0.123. The quantitative estimate of drug-likeness (QED) is 0.461. The second kappa shape index (κ2) is 10.5. The number of carbonyl (C=O) groups excluding carboxylic acids is 2. The zero-order chi connectivity index (χ0) is 24.2. The first kappa shape index (κ1) is 24.9. The van der Waals surface area contributed by atoms with Gasteiger partial charge in [0, 0.05) is 18.8 Å². The van der Waals surface area contributed by atoms with Gasteiger partial charge in [-0.05, 0) is 57.0 Å². The molecule has 1 fully saturated rings. The lowest BCUT2D eigenvalue weighted by Crippen LogP contribution is -2.42. The Morgan fingerprint density at radius 2 is 2.03 bits per heavy atom. The molecule has 2 unspecified atom stereocenters. The lowest BCUT2D eigenvalue weighted by atomic mass is 10.1. The van der Waals surface area contributed by atoms with E-state index in [-0.39, 0.29) is 33.1 Å². The molecule has 2 heterocycles. The molecule has 1 aliphatic heterocycles. The van der Waals surface area contributed by atoms with Crippen molar-refractivity contribution in [2.45, 2.75) is 50.2 Å². The summed E-state index contributed by atoms with van der Waals surface area (Å²) in [5.41, 5.74) is 0.263. The molecule has 1 N–H and O–H groups in total. The molecule has 1 saturated heterocycles. The summed E-state index contributed by atoms with van der Waals surface area (Å²) >= 11 is 5.93. The number of halogens is 1. The van der Waals surface area contributed by atoms with Crippen molar-refractivity contribution in [1.29, 1.82) is 0 Å². The fourth-order valence-electron chi connectivity index (χ4n) is 3.56. The molecule has 0 bridgehead atoms. The maximum absolute atomic E-state index is 13.3. The van der Waals surface area contributed by atoms with Crippen LogP contribution in [0.5, 0.6) is 5.75 Å². The second-order valence-electron chi connectivity index (χ2n) is 7.70. The van der Waals surface area contributed by atoms with Crippen LogP contribution in [-0.4, -0.2) is 55.4 Å². The Kier molecular flexibility index (Phi) is 7.93. The Hall–Kier alpha value is -2.69. The van der Waals surface area contributed by atoms with Crippen molar-refractivity contribution < 1.29 is 27.5 Å². The van der Waals surface area contributed by atoms with Crippen molar-refractivity contribution in [3.8, 4) is 5.75 Å². The topological polar surface area (TPSA) is 115 Å². The number of nitrogens with zero attached hydrogens (tertiary/aromatic N) is 2. The minimum absolute atomic E-state index is 0.0157. The minimum atomic E-state index is -3.90. The van der Waals surface area contributed by atoms with E-state index < -0.39 is 28.0 Å². The van der Waals surface area contributed by atoms with Crippen LogP contribution in [0.3, 0.4) is 0 Å². The monoisotopic (exact) mass is 495 g/mol. The van der Waals surface area contributed by atoms with Gasteiger partial charge < -0.3 is 14.8 Å². The van der Waals surface area contributed by atoms with Gasteiger partial charge in [-0.1, -0.05) is 18.0 Å².